The van der Waals surface area contributed by atoms with Gasteiger partial charge in [-0.2, -0.15) is 0 Å². The molecule has 1 saturated heterocycles. The highest BCUT2D eigenvalue weighted by atomic mass is 79.9. The summed E-state index contributed by atoms with van der Waals surface area (Å²) >= 11 is 3.38. The van der Waals surface area contributed by atoms with Gasteiger partial charge in [-0.05, 0) is 24.3 Å². The van der Waals surface area contributed by atoms with E-state index in [2.05, 4.69) is 32.7 Å². The SMILES string of the molecule is Brc1ccc(OCC#CCN2CCOCC2)cc1. The maximum absolute atomic E-state index is 5.51. The fourth-order valence-corrected chi connectivity index (χ4v) is 1.89. The molecule has 0 N–H and O–H groups in total. The number of benzene rings is 1. The molecular weight excluding hydrogens is 294 g/mol. The lowest BCUT2D eigenvalue weighted by molar-refractivity contribution is 0.0443. The van der Waals surface area contributed by atoms with Gasteiger partial charge in [0.15, 0.2) is 0 Å². The Hall–Kier alpha value is -1.02. The minimum atomic E-state index is 0.436. The van der Waals surface area contributed by atoms with E-state index in [1.807, 2.05) is 24.3 Å². The highest BCUT2D eigenvalue weighted by Gasteiger charge is 2.07. The molecule has 0 aromatic heterocycles. The van der Waals surface area contributed by atoms with Crippen molar-refractivity contribution in [3.63, 3.8) is 0 Å². The van der Waals surface area contributed by atoms with Crippen LogP contribution in [0.2, 0.25) is 0 Å². The van der Waals surface area contributed by atoms with Gasteiger partial charge >= 0.3 is 0 Å². The van der Waals surface area contributed by atoms with Gasteiger partial charge in [-0.3, -0.25) is 4.90 Å². The molecule has 0 spiro atoms. The van der Waals surface area contributed by atoms with Gasteiger partial charge in [-0.1, -0.05) is 27.8 Å². The van der Waals surface area contributed by atoms with E-state index >= 15 is 0 Å². The van der Waals surface area contributed by atoms with Gasteiger partial charge in [-0.15, -0.1) is 0 Å². The van der Waals surface area contributed by atoms with Crippen LogP contribution in [0.1, 0.15) is 0 Å². The predicted molar refractivity (Wildman–Crippen MR) is 74.7 cm³/mol. The van der Waals surface area contributed by atoms with Crippen LogP contribution in [0.3, 0.4) is 0 Å². The lowest BCUT2D eigenvalue weighted by Crippen LogP contribution is -2.36. The summed E-state index contributed by atoms with van der Waals surface area (Å²) in [5.41, 5.74) is 0. The smallest absolute Gasteiger partial charge is 0.149 e. The second-order valence-electron chi connectivity index (χ2n) is 3.98. The van der Waals surface area contributed by atoms with Crippen LogP contribution < -0.4 is 4.74 Å². The first-order valence-electron chi connectivity index (χ1n) is 5.99. The fourth-order valence-electron chi connectivity index (χ4n) is 1.63. The van der Waals surface area contributed by atoms with Crippen LogP contribution in [0.4, 0.5) is 0 Å². The summed E-state index contributed by atoms with van der Waals surface area (Å²) in [6, 6.07) is 7.76. The summed E-state index contributed by atoms with van der Waals surface area (Å²) in [7, 11) is 0. The fraction of sp³-hybridized carbons (Fsp3) is 0.429. The van der Waals surface area contributed by atoms with Crippen molar-refractivity contribution >= 4 is 15.9 Å². The number of morpholine rings is 1. The molecule has 0 amide bonds. The molecule has 1 aliphatic rings. The molecule has 0 unspecified atom stereocenters. The molecule has 0 atom stereocenters. The molecule has 1 fully saturated rings. The van der Waals surface area contributed by atoms with Gasteiger partial charge in [-0.25, -0.2) is 0 Å². The van der Waals surface area contributed by atoms with Crippen molar-refractivity contribution in [2.24, 2.45) is 0 Å². The summed E-state index contributed by atoms with van der Waals surface area (Å²) < 4.78 is 11.8. The number of nitrogens with zero attached hydrogens (tertiary/aromatic N) is 1. The molecule has 0 aliphatic carbocycles. The minimum absolute atomic E-state index is 0.436. The topological polar surface area (TPSA) is 21.7 Å². The molecule has 0 radical (unpaired) electrons. The van der Waals surface area contributed by atoms with Crippen molar-refractivity contribution in [1.29, 1.82) is 0 Å². The molecule has 1 aliphatic heterocycles. The predicted octanol–water partition coefficient (Wildman–Crippen LogP) is 2.16. The number of ether oxygens (including phenoxy) is 2. The zero-order valence-corrected chi connectivity index (χ0v) is 11.8. The molecule has 1 aromatic rings. The highest BCUT2D eigenvalue weighted by molar-refractivity contribution is 9.10. The number of rotatable bonds is 3. The molecule has 96 valence electrons. The second kappa shape index (κ2) is 7.42. The monoisotopic (exact) mass is 309 g/mol. The van der Waals surface area contributed by atoms with Crippen LogP contribution in [-0.4, -0.2) is 44.4 Å². The molecule has 1 heterocycles. The van der Waals surface area contributed by atoms with E-state index in [0.29, 0.717) is 6.61 Å². The molecule has 3 nitrogen and oxygen atoms in total. The van der Waals surface area contributed by atoms with Gasteiger partial charge in [0.05, 0.1) is 19.8 Å². The minimum Gasteiger partial charge on any atom is -0.481 e. The molecule has 18 heavy (non-hydrogen) atoms. The summed E-state index contributed by atoms with van der Waals surface area (Å²) in [4.78, 5) is 2.29. The Morgan fingerprint density at radius 1 is 1.17 bits per heavy atom. The molecular formula is C14H16BrNO2. The molecule has 0 saturated carbocycles. The Bertz CT molecular complexity index is 416. The van der Waals surface area contributed by atoms with Gasteiger partial charge in [0.2, 0.25) is 0 Å². The Balaban J connectivity index is 1.67. The van der Waals surface area contributed by atoms with E-state index < -0.39 is 0 Å². The number of hydrogen-bond donors (Lipinski definition) is 0. The Morgan fingerprint density at radius 3 is 2.61 bits per heavy atom. The van der Waals surface area contributed by atoms with E-state index in [9.17, 15) is 0 Å². The largest absolute Gasteiger partial charge is 0.481 e. The van der Waals surface area contributed by atoms with Crippen molar-refractivity contribution in [2.75, 3.05) is 39.5 Å². The van der Waals surface area contributed by atoms with Gasteiger partial charge in [0.25, 0.3) is 0 Å². The average molecular weight is 310 g/mol. The third-order valence-electron chi connectivity index (χ3n) is 2.66. The van der Waals surface area contributed by atoms with Crippen LogP contribution in [0.15, 0.2) is 28.7 Å². The standard InChI is InChI=1S/C14H16BrNO2/c15-13-3-5-14(6-4-13)18-10-2-1-7-16-8-11-17-12-9-16/h3-6H,7-12H2. The van der Waals surface area contributed by atoms with E-state index in [4.69, 9.17) is 9.47 Å². The van der Waals surface area contributed by atoms with E-state index in [1.54, 1.807) is 0 Å². The van der Waals surface area contributed by atoms with Crippen molar-refractivity contribution < 1.29 is 9.47 Å². The van der Waals surface area contributed by atoms with Crippen LogP contribution >= 0.6 is 15.9 Å². The maximum Gasteiger partial charge on any atom is 0.149 e. The first-order valence-corrected chi connectivity index (χ1v) is 6.78. The van der Waals surface area contributed by atoms with Crippen molar-refractivity contribution in [3.8, 4) is 17.6 Å². The van der Waals surface area contributed by atoms with E-state index in [0.717, 1.165) is 43.1 Å². The normalized spacial score (nSPS) is 15.8. The lowest BCUT2D eigenvalue weighted by Gasteiger charge is -2.24. The first-order chi connectivity index (χ1) is 8.84. The van der Waals surface area contributed by atoms with Crippen LogP contribution in [-0.2, 0) is 4.74 Å². The maximum atomic E-state index is 5.51. The third kappa shape index (κ3) is 4.69. The van der Waals surface area contributed by atoms with E-state index in [-0.39, 0.29) is 0 Å². The molecule has 2 rings (SSSR count). The Kier molecular flexibility index (Phi) is 5.53. The third-order valence-corrected chi connectivity index (χ3v) is 3.18. The summed E-state index contributed by atoms with van der Waals surface area (Å²) in [5.74, 6) is 7.00. The van der Waals surface area contributed by atoms with Gasteiger partial charge in [0.1, 0.15) is 12.4 Å². The summed E-state index contributed by atoms with van der Waals surface area (Å²) in [5, 5.41) is 0. The highest BCUT2D eigenvalue weighted by Crippen LogP contribution is 2.15. The summed E-state index contributed by atoms with van der Waals surface area (Å²) in [6.07, 6.45) is 0. The average Bonchev–Trinajstić information content (AvgIpc) is 2.42. The number of hydrogen-bond acceptors (Lipinski definition) is 3. The zero-order valence-electron chi connectivity index (χ0n) is 10.2. The number of halogens is 1. The quantitative estimate of drug-likeness (QED) is 0.799. The molecule has 0 bridgehead atoms. The first kappa shape index (κ1) is 13.4. The van der Waals surface area contributed by atoms with Crippen LogP contribution in [0.5, 0.6) is 5.75 Å². The summed E-state index contributed by atoms with van der Waals surface area (Å²) in [6.45, 7) is 4.82. The zero-order chi connectivity index (χ0) is 12.6. The Labute approximate surface area is 116 Å². The molecule has 4 heteroatoms. The molecule has 1 aromatic carbocycles. The van der Waals surface area contributed by atoms with Crippen LogP contribution in [0.25, 0.3) is 0 Å². The van der Waals surface area contributed by atoms with Crippen molar-refractivity contribution in [3.05, 3.63) is 28.7 Å². The lowest BCUT2D eigenvalue weighted by atomic mass is 10.3. The van der Waals surface area contributed by atoms with Crippen molar-refractivity contribution in [2.45, 2.75) is 0 Å². The van der Waals surface area contributed by atoms with Crippen LogP contribution in [0, 0.1) is 11.8 Å². The van der Waals surface area contributed by atoms with Gasteiger partial charge < -0.3 is 9.47 Å². The van der Waals surface area contributed by atoms with E-state index in [1.165, 1.54) is 0 Å². The van der Waals surface area contributed by atoms with Crippen molar-refractivity contribution in [1.82, 2.24) is 4.90 Å². The Morgan fingerprint density at radius 2 is 1.89 bits per heavy atom. The van der Waals surface area contributed by atoms with Gasteiger partial charge in [0, 0.05) is 17.6 Å². The second-order valence-corrected chi connectivity index (χ2v) is 4.90.